The van der Waals surface area contributed by atoms with Crippen LogP contribution in [0.5, 0.6) is 17.2 Å². The van der Waals surface area contributed by atoms with Crippen molar-refractivity contribution in [3.63, 3.8) is 0 Å². The van der Waals surface area contributed by atoms with Gasteiger partial charge in [-0.2, -0.15) is 0 Å². The Kier molecular flexibility index (Phi) is 13.3. The number of amides is 2. The molecule has 0 fully saturated rings. The maximum absolute atomic E-state index is 13.6. The van der Waals surface area contributed by atoms with Gasteiger partial charge in [0.2, 0.25) is 11.8 Å². The van der Waals surface area contributed by atoms with Crippen LogP contribution in [0.3, 0.4) is 0 Å². The highest BCUT2D eigenvalue weighted by molar-refractivity contribution is 7.13. The van der Waals surface area contributed by atoms with Gasteiger partial charge in [-0.25, -0.2) is 9.78 Å². The van der Waals surface area contributed by atoms with Gasteiger partial charge < -0.3 is 39.7 Å². The third kappa shape index (κ3) is 10.6. The van der Waals surface area contributed by atoms with E-state index in [1.165, 1.54) is 23.5 Å². The van der Waals surface area contributed by atoms with Crippen LogP contribution in [0.15, 0.2) is 76.9 Å². The number of aromatic carboxylic acids is 1. The van der Waals surface area contributed by atoms with Crippen LogP contribution in [0.2, 0.25) is 0 Å². The van der Waals surface area contributed by atoms with Crippen molar-refractivity contribution in [2.24, 2.45) is 4.99 Å². The van der Waals surface area contributed by atoms with E-state index < -0.39 is 18.9 Å². The lowest BCUT2D eigenvalue weighted by molar-refractivity contribution is -0.121. The maximum Gasteiger partial charge on any atom is 0.677 e. The van der Waals surface area contributed by atoms with Gasteiger partial charge in [0.15, 0.2) is 16.6 Å². The molecule has 4 aromatic rings. The summed E-state index contributed by atoms with van der Waals surface area (Å²) in [6.07, 6.45) is 8.22. The highest BCUT2D eigenvalue weighted by atomic mass is 32.1. The second-order valence-corrected chi connectivity index (χ2v) is 14.7. The summed E-state index contributed by atoms with van der Waals surface area (Å²) in [6.45, 7) is 6.96. The van der Waals surface area contributed by atoms with Crippen LogP contribution in [0, 0.1) is 13.8 Å². The van der Waals surface area contributed by atoms with E-state index in [9.17, 15) is 28.1 Å². The molecule has 4 N–H and O–H groups in total. The second kappa shape index (κ2) is 18.5. The van der Waals surface area contributed by atoms with Gasteiger partial charge in [-0.15, -0.1) is 11.3 Å². The van der Waals surface area contributed by atoms with Crippen LogP contribution in [0.25, 0.3) is 6.08 Å². The van der Waals surface area contributed by atoms with E-state index in [1.807, 2.05) is 19.1 Å². The number of aromatic nitrogens is 2. The van der Waals surface area contributed by atoms with E-state index in [1.54, 1.807) is 61.9 Å². The number of thiazole rings is 1. The van der Waals surface area contributed by atoms with Crippen LogP contribution in [-0.4, -0.2) is 78.4 Å². The van der Waals surface area contributed by atoms with Crippen LogP contribution in [-0.2, 0) is 26.3 Å². The summed E-state index contributed by atoms with van der Waals surface area (Å²) in [5.74, 6) is -0.164. The average molecular weight is 801 g/mol. The predicted molar refractivity (Wildman–Crippen MR) is 215 cm³/mol. The van der Waals surface area contributed by atoms with Crippen molar-refractivity contribution in [2.45, 2.75) is 52.0 Å². The standard InChI is InChI=1S/C40H43BF2N6O7S/c1-25-20-26(2)49(41(42)43)33(25)22-30-7-6-29(47-30)8-11-36(50)44-14-16-54-17-18-55-34-21-28-12-13-46-40(3,24-37(51)48-39-45-15-19-57-39)32(28)23-35(34)56-31-9-4-27(5-10-31)38(52)53/h4-7,9-10,15,19-23,46H,8,11-14,16-18,24H2,1-3H3,(H,44,50)(H,52,53)(H,45,48,51)/b30-22-/t40-/m1/s1. The second-order valence-electron chi connectivity index (χ2n) is 13.8. The molecule has 0 saturated heterocycles. The van der Waals surface area contributed by atoms with Gasteiger partial charge in [0, 0.05) is 60.1 Å². The number of carboxylic acids is 1. The van der Waals surface area contributed by atoms with Crippen LogP contribution < -0.4 is 25.4 Å². The van der Waals surface area contributed by atoms with Gasteiger partial charge in [-0.1, -0.05) is 0 Å². The van der Waals surface area contributed by atoms with Crippen molar-refractivity contribution in [3.8, 4) is 17.2 Å². The molecule has 0 radical (unpaired) electrons. The number of nitrogens with one attached hydrogen (secondary N) is 3. The highest BCUT2D eigenvalue weighted by Crippen LogP contribution is 2.41. The summed E-state index contributed by atoms with van der Waals surface area (Å²) < 4.78 is 46.2. The fourth-order valence-corrected chi connectivity index (χ4v) is 7.31. The summed E-state index contributed by atoms with van der Waals surface area (Å²) in [5.41, 5.74) is 4.11. The number of carbonyl (C=O) groups is 3. The van der Waals surface area contributed by atoms with Crippen LogP contribution in [0.4, 0.5) is 13.8 Å². The molecule has 2 aliphatic heterocycles. The zero-order chi connectivity index (χ0) is 40.5. The molecule has 17 heteroatoms. The van der Waals surface area contributed by atoms with E-state index in [-0.39, 0.29) is 56.6 Å². The number of fused-ring (bicyclic) bond motifs is 1. The lowest BCUT2D eigenvalue weighted by Crippen LogP contribution is -2.47. The quantitative estimate of drug-likeness (QED) is 0.0645. The summed E-state index contributed by atoms with van der Waals surface area (Å²) in [6, 6.07) is 11.5. The SMILES string of the molecule is Cc1cc(C)n(B(F)F)c1/C=C1/C=CC(CCC(=O)NCCOCCOc2cc3c(cc2Oc2ccc(C(=O)O)cc2)[C@@](C)(CC(=O)Nc2nccs2)NCC3)=N1. The lowest BCUT2D eigenvalue weighted by atomic mass is 9.81. The number of halogens is 2. The Hall–Kier alpha value is -5.65. The Morgan fingerprint density at radius 2 is 1.88 bits per heavy atom. The first-order valence-electron chi connectivity index (χ1n) is 18.4. The maximum atomic E-state index is 13.6. The minimum absolute atomic E-state index is 0.121. The van der Waals surface area contributed by atoms with E-state index in [4.69, 9.17) is 14.2 Å². The molecule has 2 aromatic carbocycles. The number of carboxylic acid groups (broad SMARTS) is 1. The minimum atomic E-state index is -2.65. The zero-order valence-corrected chi connectivity index (χ0v) is 32.6. The molecule has 6 rings (SSSR count). The number of allylic oxidation sites excluding steroid dienone is 2. The Bertz CT molecular complexity index is 2190. The predicted octanol–water partition coefficient (Wildman–Crippen LogP) is 6.56. The number of aliphatic imine (C=N–C) groups is 1. The van der Waals surface area contributed by atoms with Crippen molar-refractivity contribution in [3.05, 3.63) is 106 Å². The smallest absolute Gasteiger partial charge is 0.487 e. The van der Waals surface area contributed by atoms with Crippen LogP contribution in [0.1, 0.15) is 64.6 Å². The Labute approximate surface area is 333 Å². The third-order valence-corrected chi connectivity index (χ3v) is 10.2. The first-order chi connectivity index (χ1) is 27.4. The molecule has 0 spiro atoms. The Morgan fingerprint density at radius 3 is 2.61 bits per heavy atom. The molecule has 1 atom stereocenters. The van der Waals surface area contributed by atoms with Crippen molar-refractivity contribution >= 4 is 53.4 Å². The largest absolute Gasteiger partial charge is 0.677 e. The molecule has 13 nitrogen and oxygen atoms in total. The number of nitrogens with zero attached hydrogens (tertiary/aromatic N) is 3. The third-order valence-electron chi connectivity index (χ3n) is 9.53. The van der Waals surface area contributed by atoms with Gasteiger partial charge in [0.1, 0.15) is 12.4 Å². The summed E-state index contributed by atoms with van der Waals surface area (Å²) in [7, 11) is -2.65. The summed E-state index contributed by atoms with van der Waals surface area (Å²) in [4.78, 5) is 45.6. The van der Waals surface area contributed by atoms with Gasteiger partial charge in [0.25, 0.3) is 0 Å². The highest BCUT2D eigenvalue weighted by Gasteiger charge is 2.35. The summed E-state index contributed by atoms with van der Waals surface area (Å²) in [5, 5.41) is 20.8. The Balaban J connectivity index is 1.00. The van der Waals surface area contributed by atoms with Crippen molar-refractivity contribution in [1.29, 1.82) is 0 Å². The number of anilines is 1. The van der Waals surface area contributed by atoms with Gasteiger partial charge >= 0.3 is 13.4 Å². The molecule has 2 aromatic heterocycles. The van der Waals surface area contributed by atoms with Gasteiger partial charge in [-0.3, -0.25) is 23.2 Å². The van der Waals surface area contributed by atoms with Crippen LogP contribution >= 0.6 is 11.3 Å². The zero-order valence-electron chi connectivity index (χ0n) is 31.8. The van der Waals surface area contributed by atoms with Gasteiger partial charge in [0.05, 0.1) is 24.5 Å². The first-order valence-corrected chi connectivity index (χ1v) is 19.3. The molecule has 0 aliphatic carbocycles. The van der Waals surface area contributed by atoms with Crippen molar-refractivity contribution in [2.75, 3.05) is 38.2 Å². The number of hydrogen-bond acceptors (Lipinski definition) is 10. The molecular formula is C40H43BF2N6O7S. The molecule has 2 aliphatic rings. The van der Waals surface area contributed by atoms with E-state index >= 15 is 0 Å². The molecule has 57 heavy (non-hydrogen) atoms. The van der Waals surface area contributed by atoms with Gasteiger partial charge in [-0.05, 0) is 111 Å². The fraction of sp³-hybridized carbons (Fsp3) is 0.325. The molecule has 298 valence electrons. The molecular weight excluding hydrogens is 757 g/mol. The number of rotatable bonds is 18. The number of ether oxygens (including phenoxy) is 3. The summed E-state index contributed by atoms with van der Waals surface area (Å²) >= 11 is 1.34. The number of benzene rings is 2. The minimum Gasteiger partial charge on any atom is -0.487 e. The average Bonchev–Trinajstić information content (AvgIpc) is 3.91. The molecule has 4 heterocycles. The fourth-order valence-electron chi connectivity index (χ4n) is 6.77. The number of carbonyl (C=O) groups excluding carboxylic acids is 2. The molecule has 0 saturated carbocycles. The van der Waals surface area contributed by atoms with E-state index in [0.717, 1.165) is 21.2 Å². The molecule has 0 unspecified atom stereocenters. The monoisotopic (exact) mass is 800 g/mol. The van der Waals surface area contributed by atoms with E-state index in [2.05, 4.69) is 25.9 Å². The Morgan fingerprint density at radius 1 is 1.07 bits per heavy atom. The topological polar surface area (TPSA) is 165 Å². The lowest BCUT2D eigenvalue weighted by Gasteiger charge is -2.37. The van der Waals surface area contributed by atoms with Crippen molar-refractivity contribution in [1.82, 2.24) is 20.1 Å². The number of hydrogen-bond donors (Lipinski definition) is 4. The molecule has 2 amide bonds. The first kappa shape index (κ1) is 41.0. The van der Waals surface area contributed by atoms with Crippen molar-refractivity contribution < 1.29 is 42.3 Å². The molecule has 0 bridgehead atoms. The number of aryl methyl sites for hydroxylation is 2. The normalized spacial score (nSPS) is 16.6. The van der Waals surface area contributed by atoms with E-state index in [0.29, 0.717) is 64.6 Å².